The van der Waals surface area contributed by atoms with Crippen LogP contribution in [0.25, 0.3) is 27.7 Å². The van der Waals surface area contributed by atoms with E-state index in [1.165, 1.54) is 12.1 Å². The summed E-state index contributed by atoms with van der Waals surface area (Å²) in [5, 5.41) is 10.1. The molecular weight excluding hydrogens is 387 g/mol. The van der Waals surface area contributed by atoms with E-state index in [4.69, 9.17) is 5.11 Å². The van der Waals surface area contributed by atoms with Gasteiger partial charge in [-0.15, -0.1) is 0 Å². The van der Waals surface area contributed by atoms with Gasteiger partial charge in [-0.3, -0.25) is 4.79 Å². The fraction of sp³-hybridized carbons (Fsp3) is 0.0455. The maximum Gasteiger partial charge on any atom is 0.338 e. The first-order valence-corrected chi connectivity index (χ1v) is 9.18. The van der Waals surface area contributed by atoms with E-state index in [1.54, 1.807) is 22.9 Å². The van der Waals surface area contributed by atoms with Crippen LogP contribution in [-0.4, -0.2) is 30.4 Å². The van der Waals surface area contributed by atoms with Gasteiger partial charge in [-0.05, 0) is 35.9 Å². The minimum absolute atomic E-state index is 0.242. The van der Waals surface area contributed by atoms with Crippen molar-refractivity contribution in [1.29, 1.82) is 0 Å². The van der Waals surface area contributed by atoms with E-state index in [0.717, 1.165) is 33.9 Å². The molecule has 4 aromatic heterocycles. The molecule has 148 valence electrons. The van der Waals surface area contributed by atoms with Gasteiger partial charge in [-0.2, -0.15) is 0 Å². The van der Waals surface area contributed by atoms with Crippen LogP contribution >= 0.6 is 0 Å². The summed E-state index contributed by atoms with van der Waals surface area (Å²) in [4.78, 5) is 33.8. The molecule has 0 aliphatic heterocycles. The van der Waals surface area contributed by atoms with Gasteiger partial charge in [-0.25, -0.2) is 14.2 Å². The number of nitrogens with one attached hydrogen (secondary N) is 2. The number of H-pyrrole nitrogens is 2. The number of carboxylic acid groups (broad SMARTS) is 1. The lowest BCUT2D eigenvalue weighted by molar-refractivity contribution is 0.0691. The molecule has 0 fully saturated rings. The molecular formula is C22H15FN4O3. The molecule has 3 N–H and O–H groups in total. The van der Waals surface area contributed by atoms with Crippen LogP contribution in [0, 0.1) is 5.82 Å². The molecule has 0 amide bonds. The third-order valence-electron chi connectivity index (χ3n) is 5.14. The highest BCUT2D eigenvalue weighted by molar-refractivity contribution is 5.94. The molecule has 8 heteroatoms. The van der Waals surface area contributed by atoms with E-state index in [9.17, 15) is 14.0 Å². The van der Waals surface area contributed by atoms with Crippen molar-refractivity contribution in [3.8, 4) is 11.1 Å². The number of nitrogens with zero attached hydrogens (tertiary/aromatic N) is 2. The van der Waals surface area contributed by atoms with E-state index in [1.807, 2.05) is 24.5 Å². The first-order chi connectivity index (χ1) is 14.5. The Kier molecular flexibility index (Phi) is 3.99. The number of pyridine rings is 1. The Bertz CT molecular complexity index is 1500. The van der Waals surface area contributed by atoms with E-state index >= 15 is 0 Å². The molecule has 7 nitrogen and oxygen atoms in total. The van der Waals surface area contributed by atoms with E-state index in [0.29, 0.717) is 17.5 Å². The third-order valence-corrected chi connectivity index (χ3v) is 5.14. The maximum atomic E-state index is 13.7. The summed E-state index contributed by atoms with van der Waals surface area (Å²) in [6, 6.07) is 9.58. The minimum atomic E-state index is -1.32. The van der Waals surface area contributed by atoms with E-state index in [-0.39, 0.29) is 11.1 Å². The van der Waals surface area contributed by atoms with Crippen LogP contribution in [0.4, 0.5) is 4.39 Å². The molecule has 30 heavy (non-hydrogen) atoms. The van der Waals surface area contributed by atoms with Crippen molar-refractivity contribution in [2.75, 3.05) is 0 Å². The molecule has 5 aromatic rings. The number of hydrogen-bond acceptors (Lipinski definition) is 3. The number of carboxylic acids is 1. The first-order valence-electron chi connectivity index (χ1n) is 9.18. The van der Waals surface area contributed by atoms with Crippen LogP contribution in [0.1, 0.15) is 21.6 Å². The smallest absolute Gasteiger partial charge is 0.338 e. The maximum absolute atomic E-state index is 13.7. The van der Waals surface area contributed by atoms with Crippen molar-refractivity contribution >= 4 is 22.5 Å². The molecule has 1 aromatic carbocycles. The van der Waals surface area contributed by atoms with Crippen LogP contribution in [0.2, 0.25) is 0 Å². The average Bonchev–Trinajstić information content (AvgIpc) is 3.36. The normalized spacial score (nSPS) is 11.4. The van der Waals surface area contributed by atoms with E-state index < -0.39 is 11.8 Å². The molecule has 4 heterocycles. The van der Waals surface area contributed by atoms with Gasteiger partial charge in [0.1, 0.15) is 17.0 Å². The number of aromatic amines is 2. The Labute approximate surface area is 168 Å². The number of benzene rings is 1. The summed E-state index contributed by atoms with van der Waals surface area (Å²) >= 11 is 0. The van der Waals surface area contributed by atoms with Crippen molar-refractivity contribution < 1.29 is 14.3 Å². The number of aromatic nitrogens is 4. The van der Waals surface area contributed by atoms with Crippen molar-refractivity contribution in [3.05, 3.63) is 94.2 Å². The largest absolute Gasteiger partial charge is 0.478 e. The van der Waals surface area contributed by atoms with E-state index in [2.05, 4.69) is 15.0 Å². The lowest BCUT2D eigenvalue weighted by Crippen LogP contribution is -2.12. The van der Waals surface area contributed by atoms with Crippen molar-refractivity contribution in [2.24, 2.45) is 0 Å². The molecule has 0 saturated carbocycles. The Morgan fingerprint density at radius 2 is 2.03 bits per heavy atom. The quantitative estimate of drug-likeness (QED) is 0.427. The van der Waals surface area contributed by atoms with Gasteiger partial charge in [0.25, 0.3) is 5.56 Å². The highest BCUT2D eigenvalue weighted by Gasteiger charge is 2.15. The summed E-state index contributed by atoms with van der Waals surface area (Å²) in [6.07, 6.45) is 7.31. The highest BCUT2D eigenvalue weighted by Crippen LogP contribution is 2.29. The topological polar surface area (TPSA) is 103 Å². The van der Waals surface area contributed by atoms with Gasteiger partial charge in [0.15, 0.2) is 0 Å². The number of rotatable bonds is 4. The van der Waals surface area contributed by atoms with Crippen LogP contribution in [-0.2, 0) is 6.42 Å². The fourth-order valence-corrected chi connectivity index (χ4v) is 3.70. The second-order valence-electron chi connectivity index (χ2n) is 6.99. The molecule has 0 spiro atoms. The average molecular weight is 402 g/mol. The Morgan fingerprint density at radius 3 is 2.87 bits per heavy atom. The number of halogens is 1. The number of fused-ring (bicyclic) bond motifs is 2. The molecule has 0 radical (unpaired) electrons. The predicted molar refractivity (Wildman–Crippen MR) is 109 cm³/mol. The van der Waals surface area contributed by atoms with Crippen molar-refractivity contribution in [3.63, 3.8) is 0 Å². The zero-order valence-electron chi connectivity index (χ0n) is 15.5. The molecule has 0 bridgehead atoms. The summed E-state index contributed by atoms with van der Waals surface area (Å²) in [5.41, 5.74) is 3.71. The van der Waals surface area contributed by atoms with Crippen LogP contribution in [0.15, 0.2) is 66.0 Å². The molecule has 0 saturated heterocycles. The zero-order valence-corrected chi connectivity index (χ0v) is 15.5. The molecule has 0 aliphatic rings. The minimum Gasteiger partial charge on any atom is -0.478 e. The Morgan fingerprint density at radius 1 is 1.17 bits per heavy atom. The summed E-state index contributed by atoms with van der Waals surface area (Å²) in [5.74, 6) is -2.11. The van der Waals surface area contributed by atoms with Gasteiger partial charge < -0.3 is 19.5 Å². The van der Waals surface area contributed by atoms with Gasteiger partial charge >= 0.3 is 5.97 Å². The standard InChI is InChI=1S/C22H15FN4O3/c23-18-4-3-12(7-16(18)22(29)30)6-14-9-26-21(28)19-8-13(11-27(14)19)17-10-25-20-15(17)2-1-5-24-20/h1-5,7-11H,6H2,(H,24,25)(H,26,28)(H,29,30). The first kappa shape index (κ1) is 17.9. The SMILES string of the molecule is O=C(O)c1cc(Cc2c[nH]c(=O)c3cc(-c4c[nH]c5ncccc45)cn23)ccc1F. The second kappa shape index (κ2) is 6.70. The number of carbonyl (C=O) groups is 1. The molecule has 0 atom stereocenters. The van der Waals surface area contributed by atoms with Gasteiger partial charge in [0.2, 0.25) is 0 Å². The lowest BCUT2D eigenvalue weighted by atomic mass is 10.1. The summed E-state index contributed by atoms with van der Waals surface area (Å²) in [6.45, 7) is 0. The van der Waals surface area contributed by atoms with Gasteiger partial charge in [0.05, 0.1) is 5.56 Å². The Balaban J connectivity index is 1.62. The molecule has 0 aliphatic carbocycles. The highest BCUT2D eigenvalue weighted by atomic mass is 19.1. The van der Waals surface area contributed by atoms with Crippen molar-refractivity contribution in [1.82, 2.24) is 19.4 Å². The predicted octanol–water partition coefficient (Wildman–Crippen LogP) is 3.60. The lowest BCUT2D eigenvalue weighted by Gasteiger charge is -2.07. The van der Waals surface area contributed by atoms with Crippen molar-refractivity contribution in [2.45, 2.75) is 6.42 Å². The third kappa shape index (κ3) is 2.86. The second-order valence-corrected chi connectivity index (χ2v) is 6.99. The molecule has 5 rings (SSSR count). The number of aromatic carboxylic acids is 1. The zero-order chi connectivity index (χ0) is 20.8. The molecule has 0 unspecified atom stereocenters. The number of hydrogen-bond donors (Lipinski definition) is 3. The monoisotopic (exact) mass is 402 g/mol. The van der Waals surface area contributed by atoms with Crippen LogP contribution in [0.3, 0.4) is 0 Å². The summed E-state index contributed by atoms with van der Waals surface area (Å²) in [7, 11) is 0. The Hall–Kier alpha value is -4.20. The fourth-order valence-electron chi connectivity index (χ4n) is 3.70. The van der Waals surface area contributed by atoms with Crippen LogP contribution in [0.5, 0.6) is 0 Å². The van der Waals surface area contributed by atoms with Gasteiger partial charge in [-0.1, -0.05) is 6.07 Å². The van der Waals surface area contributed by atoms with Gasteiger partial charge in [0, 0.05) is 53.4 Å². The van der Waals surface area contributed by atoms with Crippen LogP contribution < -0.4 is 5.56 Å². The summed E-state index contributed by atoms with van der Waals surface area (Å²) < 4.78 is 15.5.